The Morgan fingerprint density at radius 3 is 2.54 bits per heavy atom. The van der Waals surface area contributed by atoms with Gasteiger partial charge in [-0.25, -0.2) is 4.98 Å². The Labute approximate surface area is 170 Å². The van der Waals surface area contributed by atoms with Gasteiger partial charge in [-0.15, -0.1) is 0 Å². The molecule has 5 nitrogen and oxygen atoms in total. The minimum Gasteiger partial charge on any atom is -0.359 e. The van der Waals surface area contributed by atoms with Crippen LogP contribution in [0.25, 0.3) is 11.0 Å². The van der Waals surface area contributed by atoms with Crippen LogP contribution in [-0.2, 0) is 17.9 Å². The zero-order valence-corrected chi connectivity index (χ0v) is 16.8. The summed E-state index contributed by atoms with van der Waals surface area (Å²) in [5.74, 6) is 1.36. The monoisotopic (exact) mass is 396 g/mol. The second-order valence-electron chi connectivity index (χ2n) is 7.39. The molecule has 1 aliphatic heterocycles. The minimum atomic E-state index is 0.133. The molecule has 28 heavy (non-hydrogen) atoms. The molecule has 2 heterocycles. The molecule has 3 aromatic rings. The average Bonchev–Trinajstić information content (AvgIpc) is 3.06. The summed E-state index contributed by atoms with van der Waals surface area (Å²) in [6, 6.07) is 16.3. The fourth-order valence-corrected chi connectivity index (χ4v) is 4.08. The number of hydrogen-bond acceptors (Lipinski definition) is 3. The van der Waals surface area contributed by atoms with Gasteiger partial charge in [0.05, 0.1) is 17.6 Å². The van der Waals surface area contributed by atoms with Crippen LogP contribution >= 0.6 is 11.6 Å². The van der Waals surface area contributed by atoms with Gasteiger partial charge in [-0.3, -0.25) is 9.69 Å². The number of aromatic nitrogens is 2. The number of likely N-dealkylation sites (tertiary alicyclic amines) is 1. The summed E-state index contributed by atoms with van der Waals surface area (Å²) in [6.45, 7) is 3.40. The fourth-order valence-electron chi connectivity index (χ4n) is 3.95. The molecule has 1 fully saturated rings. The van der Waals surface area contributed by atoms with Crippen molar-refractivity contribution in [3.05, 3.63) is 64.9 Å². The second-order valence-corrected chi connectivity index (χ2v) is 7.83. The van der Waals surface area contributed by atoms with Gasteiger partial charge in [0.1, 0.15) is 5.82 Å². The van der Waals surface area contributed by atoms with E-state index in [1.807, 2.05) is 18.2 Å². The van der Waals surface area contributed by atoms with E-state index in [9.17, 15) is 4.79 Å². The summed E-state index contributed by atoms with van der Waals surface area (Å²) in [6.07, 6.45) is 1.80. The Bertz CT molecular complexity index is 958. The van der Waals surface area contributed by atoms with E-state index >= 15 is 0 Å². The van der Waals surface area contributed by atoms with Crippen LogP contribution in [0.3, 0.4) is 0 Å². The first-order valence-electron chi connectivity index (χ1n) is 9.76. The molecule has 1 saturated heterocycles. The van der Waals surface area contributed by atoms with E-state index in [0.29, 0.717) is 0 Å². The number of para-hydroxylation sites is 2. The fraction of sp³-hybridized carbons (Fsp3) is 0.364. The molecule has 1 aromatic heterocycles. The maximum atomic E-state index is 11.9. The summed E-state index contributed by atoms with van der Waals surface area (Å²) in [7, 11) is 1.72. The first kappa shape index (κ1) is 19.0. The number of fused-ring (bicyclic) bond motifs is 1. The molecule has 0 aliphatic carbocycles. The van der Waals surface area contributed by atoms with Crippen molar-refractivity contribution in [3.8, 4) is 0 Å². The molecule has 1 amide bonds. The van der Waals surface area contributed by atoms with Crippen molar-refractivity contribution >= 4 is 28.5 Å². The lowest BCUT2D eigenvalue weighted by Gasteiger charge is -2.30. The van der Waals surface area contributed by atoms with Crippen molar-refractivity contribution in [3.63, 3.8) is 0 Å². The summed E-state index contributed by atoms with van der Waals surface area (Å²) < 4.78 is 2.30. The number of carbonyl (C=O) groups excluding carboxylic acids is 1. The Morgan fingerprint density at radius 1 is 1.11 bits per heavy atom. The van der Waals surface area contributed by atoms with Gasteiger partial charge in [0.2, 0.25) is 5.91 Å². The highest BCUT2D eigenvalue weighted by atomic mass is 35.5. The second kappa shape index (κ2) is 8.33. The van der Waals surface area contributed by atoms with E-state index in [1.165, 1.54) is 5.56 Å². The third-order valence-corrected chi connectivity index (χ3v) is 5.81. The number of nitrogens with zero attached hydrogens (tertiary/aromatic N) is 3. The molecule has 4 rings (SSSR count). The quantitative estimate of drug-likeness (QED) is 0.715. The molecule has 0 atom stereocenters. The number of carbonyl (C=O) groups is 1. The van der Waals surface area contributed by atoms with Crippen molar-refractivity contribution in [2.45, 2.75) is 25.9 Å². The normalized spacial score (nSPS) is 15.8. The molecule has 1 N–H and O–H groups in total. The Kier molecular flexibility index (Phi) is 5.64. The van der Waals surface area contributed by atoms with Gasteiger partial charge in [0, 0.05) is 24.5 Å². The van der Waals surface area contributed by atoms with Crippen molar-refractivity contribution in [2.75, 3.05) is 20.1 Å². The van der Waals surface area contributed by atoms with E-state index in [2.05, 4.69) is 45.1 Å². The van der Waals surface area contributed by atoms with Gasteiger partial charge in [0.25, 0.3) is 0 Å². The number of halogens is 1. The first-order chi connectivity index (χ1) is 13.6. The van der Waals surface area contributed by atoms with Crippen LogP contribution in [0.4, 0.5) is 0 Å². The molecular formula is C22H25ClN4O. The zero-order valence-electron chi connectivity index (χ0n) is 16.1. The van der Waals surface area contributed by atoms with Crippen molar-refractivity contribution in [1.29, 1.82) is 0 Å². The highest BCUT2D eigenvalue weighted by Crippen LogP contribution is 2.23. The molecule has 2 aromatic carbocycles. The number of amides is 1. The Hall–Kier alpha value is -2.37. The molecule has 6 heteroatoms. The molecule has 0 radical (unpaired) electrons. The van der Waals surface area contributed by atoms with Gasteiger partial charge < -0.3 is 9.88 Å². The third-order valence-electron chi connectivity index (χ3n) is 5.56. The van der Waals surface area contributed by atoms with Crippen LogP contribution in [0.5, 0.6) is 0 Å². The molecule has 0 spiro atoms. The maximum Gasteiger partial charge on any atom is 0.222 e. The highest BCUT2D eigenvalue weighted by Gasteiger charge is 2.25. The molecule has 146 valence electrons. The number of benzene rings is 2. The van der Waals surface area contributed by atoms with E-state index < -0.39 is 0 Å². The SMILES string of the molecule is CNC(=O)C1CCN(Cc2nc3ccccc3n2Cc2ccc(Cl)cc2)CC1. The molecule has 0 unspecified atom stereocenters. The lowest BCUT2D eigenvalue weighted by molar-refractivity contribution is -0.125. The Balaban J connectivity index is 1.55. The van der Waals surface area contributed by atoms with Gasteiger partial charge >= 0.3 is 0 Å². The highest BCUT2D eigenvalue weighted by molar-refractivity contribution is 6.30. The van der Waals surface area contributed by atoms with E-state index in [1.54, 1.807) is 7.05 Å². The summed E-state index contributed by atoms with van der Waals surface area (Å²) in [4.78, 5) is 19.2. The lowest BCUT2D eigenvalue weighted by Crippen LogP contribution is -2.39. The van der Waals surface area contributed by atoms with Crippen molar-refractivity contribution in [1.82, 2.24) is 19.8 Å². The molecule has 0 saturated carbocycles. The topological polar surface area (TPSA) is 50.2 Å². The van der Waals surface area contributed by atoms with Gasteiger partial charge in [0.15, 0.2) is 0 Å². The smallest absolute Gasteiger partial charge is 0.222 e. The van der Waals surface area contributed by atoms with Crippen LogP contribution in [0.15, 0.2) is 48.5 Å². The standard InChI is InChI=1S/C22H25ClN4O/c1-24-22(28)17-10-12-26(13-11-17)15-21-25-19-4-2-3-5-20(19)27(21)14-16-6-8-18(23)9-7-16/h2-9,17H,10-15H2,1H3,(H,24,28). The predicted molar refractivity (Wildman–Crippen MR) is 112 cm³/mol. The summed E-state index contributed by atoms with van der Waals surface area (Å²) in [5, 5.41) is 3.52. The van der Waals surface area contributed by atoms with Crippen molar-refractivity contribution in [2.24, 2.45) is 5.92 Å². The van der Waals surface area contributed by atoms with Gasteiger partial charge in [-0.2, -0.15) is 0 Å². The number of piperidine rings is 1. The lowest BCUT2D eigenvalue weighted by atomic mass is 9.96. The summed E-state index contributed by atoms with van der Waals surface area (Å²) >= 11 is 6.04. The van der Waals surface area contributed by atoms with Crippen molar-refractivity contribution < 1.29 is 4.79 Å². The maximum absolute atomic E-state index is 11.9. The van der Waals surface area contributed by atoms with E-state index in [-0.39, 0.29) is 11.8 Å². The first-order valence-corrected chi connectivity index (χ1v) is 10.1. The summed E-state index contributed by atoms with van der Waals surface area (Å²) in [5.41, 5.74) is 3.37. The largest absolute Gasteiger partial charge is 0.359 e. The number of hydrogen-bond donors (Lipinski definition) is 1. The van der Waals surface area contributed by atoms with Crippen LogP contribution < -0.4 is 5.32 Å². The minimum absolute atomic E-state index is 0.133. The zero-order chi connectivity index (χ0) is 19.5. The van der Waals surface area contributed by atoms with Crippen LogP contribution in [0, 0.1) is 5.92 Å². The molecule has 0 bridgehead atoms. The predicted octanol–water partition coefficient (Wildman–Crippen LogP) is 3.70. The van der Waals surface area contributed by atoms with Crippen LogP contribution in [0.1, 0.15) is 24.2 Å². The average molecular weight is 397 g/mol. The van der Waals surface area contributed by atoms with Gasteiger partial charge in [-0.1, -0.05) is 35.9 Å². The third kappa shape index (κ3) is 4.05. The van der Waals surface area contributed by atoms with Crippen LogP contribution in [-0.4, -0.2) is 40.5 Å². The van der Waals surface area contributed by atoms with E-state index in [4.69, 9.17) is 16.6 Å². The van der Waals surface area contributed by atoms with E-state index in [0.717, 1.165) is 60.9 Å². The number of nitrogens with one attached hydrogen (secondary N) is 1. The number of imidazole rings is 1. The Morgan fingerprint density at radius 2 is 1.82 bits per heavy atom. The number of rotatable bonds is 5. The molecule has 1 aliphatic rings. The molecular weight excluding hydrogens is 372 g/mol. The van der Waals surface area contributed by atoms with Gasteiger partial charge in [-0.05, 0) is 55.8 Å². The van der Waals surface area contributed by atoms with Crippen LogP contribution in [0.2, 0.25) is 5.02 Å².